The lowest BCUT2D eigenvalue weighted by Gasteiger charge is -2.29. The Bertz CT molecular complexity index is 1510. The second-order valence-electron chi connectivity index (χ2n) is 11.8. The molecule has 1 aliphatic carbocycles. The Morgan fingerprint density at radius 1 is 0.976 bits per heavy atom. The van der Waals surface area contributed by atoms with E-state index in [1.807, 2.05) is 9.80 Å². The number of carbonyl (C=O) groups excluding carboxylic acids is 2. The third-order valence-corrected chi connectivity index (χ3v) is 12.4. The number of aliphatic hydroxyl groups excluding tert-OH is 1. The molecule has 2 amide bonds. The van der Waals surface area contributed by atoms with Crippen molar-refractivity contribution >= 4 is 73.9 Å². The van der Waals surface area contributed by atoms with E-state index in [0.717, 1.165) is 30.6 Å². The first-order valence-electron chi connectivity index (χ1n) is 14.5. The van der Waals surface area contributed by atoms with Gasteiger partial charge in [-0.25, -0.2) is 0 Å². The van der Waals surface area contributed by atoms with Crippen molar-refractivity contribution in [2.45, 2.75) is 64.0 Å². The number of halogens is 2. The average Bonchev–Trinajstić information content (AvgIpc) is 3.71. The lowest BCUT2D eigenvalue weighted by atomic mass is 9.80. The fraction of sp³-hybridized carbons (Fsp3) is 0.500. The number of anilines is 1. The van der Waals surface area contributed by atoms with Crippen molar-refractivity contribution in [2.24, 2.45) is 11.8 Å². The lowest BCUT2D eigenvalue weighted by Crippen LogP contribution is -2.30. The van der Waals surface area contributed by atoms with E-state index in [1.165, 1.54) is 37.9 Å². The van der Waals surface area contributed by atoms with Gasteiger partial charge >= 0.3 is 0 Å². The molecule has 1 N–H and O–H groups in total. The molecule has 2 aromatic rings. The van der Waals surface area contributed by atoms with E-state index in [1.54, 1.807) is 29.2 Å². The molecule has 0 radical (unpaired) electrons. The number of hydrogen-bond donors (Lipinski definition) is 1. The highest BCUT2D eigenvalue weighted by molar-refractivity contribution is 8.03. The van der Waals surface area contributed by atoms with Gasteiger partial charge in [-0.15, -0.1) is 46.3 Å². The summed E-state index contributed by atoms with van der Waals surface area (Å²) in [7, 11) is 0. The number of thiophene rings is 1. The molecule has 1 aromatic heterocycles. The molecule has 0 saturated carbocycles. The number of unbranched alkanes of at least 4 members (excludes halogenated alkanes) is 2. The van der Waals surface area contributed by atoms with E-state index >= 15 is 0 Å². The quantitative estimate of drug-likeness (QED) is 0.236. The van der Waals surface area contributed by atoms with Crippen molar-refractivity contribution in [1.82, 2.24) is 4.90 Å². The van der Waals surface area contributed by atoms with Gasteiger partial charge in [0.05, 0.1) is 5.25 Å². The number of aryl methyl sites for hydroxylation is 2. The summed E-state index contributed by atoms with van der Waals surface area (Å²) in [5.74, 6) is 1.85. The first-order valence-corrected chi connectivity index (χ1v) is 17.3. The third-order valence-electron chi connectivity index (χ3n) is 9.12. The number of alkyl halides is 2. The molecule has 4 atom stereocenters. The molecular weight excluding hydrogens is 595 g/mol. The molecule has 6 rings (SSSR count). The summed E-state index contributed by atoms with van der Waals surface area (Å²) >= 11 is 16.2. The zero-order valence-corrected chi connectivity index (χ0v) is 26.9. The number of fused-ring (bicyclic) bond motifs is 5. The second kappa shape index (κ2) is 11.6. The minimum atomic E-state index is -0.00134. The van der Waals surface area contributed by atoms with Crippen LogP contribution in [0.3, 0.4) is 0 Å². The van der Waals surface area contributed by atoms with Gasteiger partial charge in [0.15, 0.2) is 0 Å². The smallest absolute Gasteiger partial charge is 0.227 e. The average molecular weight is 632 g/mol. The summed E-state index contributed by atoms with van der Waals surface area (Å²) < 4.78 is 1.29. The Morgan fingerprint density at radius 2 is 1.66 bits per heavy atom. The van der Waals surface area contributed by atoms with Gasteiger partial charge in [-0.1, -0.05) is 12.0 Å². The molecule has 4 heterocycles. The highest BCUT2D eigenvalue weighted by atomic mass is 35.5. The van der Waals surface area contributed by atoms with Crippen molar-refractivity contribution < 1.29 is 14.7 Å². The number of nitrogens with zero attached hydrogens (tertiary/aromatic N) is 2. The van der Waals surface area contributed by atoms with Crippen molar-refractivity contribution in [1.29, 1.82) is 0 Å². The third kappa shape index (κ3) is 4.95. The van der Waals surface area contributed by atoms with Crippen LogP contribution in [0.25, 0.3) is 10.1 Å². The predicted molar refractivity (Wildman–Crippen MR) is 172 cm³/mol. The van der Waals surface area contributed by atoms with Gasteiger partial charge in [0.1, 0.15) is 5.76 Å². The molecule has 3 aliphatic heterocycles. The molecule has 4 aliphatic rings. The topological polar surface area (TPSA) is 60.9 Å². The molecule has 41 heavy (non-hydrogen) atoms. The molecule has 0 fully saturated rings. The van der Waals surface area contributed by atoms with Crippen molar-refractivity contribution in [3.8, 4) is 0 Å². The van der Waals surface area contributed by atoms with Crippen LogP contribution in [-0.2, 0) is 9.59 Å². The number of amides is 2. The number of rotatable bonds is 8. The van der Waals surface area contributed by atoms with Gasteiger partial charge in [0, 0.05) is 83.0 Å². The number of carbonyl (C=O) groups is 2. The first kappa shape index (κ1) is 29.2. The largest absolute Gasteiger partial charge is 0.511 e. The van der Waals surface area contributed by atoms with Gasteiger partial charge in [0.25, 0.3) is 0 Å². The Hall–Kier alpha value is -1.93. The Labute approximate surface area is 260 Å². The Kier molecular flexibility index (Phi) is 8.27. The van der Waals surface area contributed by atoms with Crippen molar-refractivity contribution in [3.05, 3.63) is 62.2 Å². The van der Waals surface area contributed by atoms with Gasteiger partial charge in [0.2, 0.25) is 11.8 Å². The minimum absolute atomic E-state index is 0.00134. The standard InChI is InChI=1S/C32H36Cl2N2O3S2/c1-17-9-22-29(27-18(2)15-40-31(17)27)20(11-33)13-35(22)25(38)7-5-4-6-8-26(39)36-14-21(12-34)30-23(36)10-24(37)32-28(30)19(3)16-41-32/h9-10,15-16,20-21,28,32,37H,4-8,11-14H2,1-3H3/t20-,21-,28?,32?/m1/s1. The highest BCUT2D eigenvalue weighted by Crippen LogP contribution is 2.52. The van der Waals surface area contributed by atoms with Gasteiger partial charge in [-0.05, 0) is 72.7 Å². The van der Waals surface area contributed by atoms with Crippen LogP contribution in [0.5, 0.6) is 0 Å². The summed E-state index contributed by atoms with van der Waals surface area (Å²) in [6.45, 7) is 7.56. The van der Waals surface area contributed by atoms with Gasteiger partial charge in [-0.2, -0.15) is 0 Å². The SMILES string of the molecule is CC1=CSC2C(O)=CC3=C(C12)[C@H](CCl)CN3C(=O)CCCCCC(=O)N1C[C@@H](CCl)c2c1cc(C)c1scc(C)c21. The monoisotopic (exact) mass is 630 g/mol. The number of hydrogen-bond acceptors (Lipinski definition) is 5. The van der Waals surface area contributed by atoms with E-state index in [9.17, 15) is 14.7 Å². The predicted octanol–water partition coefficient (Wildman–Crippen LogP) is 8.18. The Morgan fingerprint density at radius 3 is 2.37 bits per heavy atom. The Balaban J connectivity index is 1.06. The molecule has 0 bridgehead atoms. The van der Waals surface area contributed by atoms with Crippen LogP contribution in [0.1, 0.15) is 61.6 Å². The van der Waals surface area contributed by atoms with Crippen LogP contribution in [0.2, 0.25) is 0 Å². The second-order valence-corrected chi connectivity index (χ2v) is 14.3. The molecule has 9 heteroatoms. The zero-order valence-electron chi connectivity index (χ0n) is 23.7. The van der Waals surface area contributed by atoms with Crippen molar-refractivity contribution in [3.63, 3.8) is 0 Å². The number of benzene rings is 1. The number of allylic oxidation sites excluding steroid dienone is 2. The van der Waals surface area contributed by atoms with E-state index in [4.69, 9.17) is 23.2 Å². The number of thioether (sulfide) groups is 1. The fourth-order valence-electron chi connectivity index (χ4n) is 7.12. The minimum Gasteiger partial charge on any atom is -0.511 e. The fourth-order valence-corrected chi connectivity index (χ4v) is 9.92. The number of aliphatic hydroxyl groups is 1. The summed E-state index contributed by atoms with van der Waals surface area (Å²) in [5.41, 5.74) is 7.97. The van der Waals surface area contributed by atoms with E-state index in [2.05, 4.69) is 37.6 Å². The van der Waals surface area contributed by atoms with Gasteiger partial charge in [-0.3, -0.25) is 9.59 Å². The van der Waals surface area contributed by atoms with Crippen molar-refractivity contribution in [2.75, 3.05) is 29.7 Å². The molecule has 5 nitrogen and oxygen atoms in total. The maximum absolute atomic E-state index is 13.4. The van der Waals surface area contributed by atoms with E-state index in [-0.39, 0.29) is 34.8 Å². The summed E-state index contributed by atoms with van der Waals surface area (Å²) in [5, 5.41) is 16.3. The van der Waals surface area contributed by atoms with Crippen LogP contribution in [-0.4, -0.2) is 51.9 Å². The summed E-state index contributed by atoms with van der Waals surface area (Å²) in [4.78, 5) is 30.5. The van der Waals surface area contributed by atoms with Crippen LogP contribution >= 0.6 is 46.3 Å². The maximum atomic E-state index is 13.4. The molecule has 0 spiro atoms. The maximum Gasteiger partial charge on any atom is 0.227 e. The molecule has 2 unspecified atom stereocenters. The summed E-state index contributed by atoms with van der Waals surface area (Å²) in [6, 6.07) is 2.16. The van der Waals surface area contributed by atoms with Crippen LogP contribution in [0.4, 0.5) is 5.69 Å². The summed E-state index contributed by atoms with van der Waals surface area (Å²) in [6.07, 6.45) is 4.93. The molecular formula is C32H36Cl2N2O3S2. The molecule has 218 valence electrons. The van der Waals surface area contributed by atoms with Crippen LogP contribution in [0.15, 0.2) is 45.5 Å². The van der Waals surface area contributed by atoms with E-state index < -0.39 is 0 Å². The normalized spacial score (nSPS) is 25.0. The molecule has 1 aromatic carbocycles. The first-order chi connectivity index (χ1) is 19.7. The van der Waals surface area contributed by atoms with E-state index in [0.29, 0.717) is 43.5 Å². The molecule has 0 saturated heterocycles. The van der Waals surface area contributed by atoms with Gasteiger partial charge < -0.3 is 14.9 Å². The van der Waals surface area contributed by atoms with Crippen LogP contribution in [0, 0.1) is 25.7 Å². The van der Waals surface area contributed by atoms with Crippen LogP contribution < -0.4 is 4.90 Å². The highest BCUT2D eigenvalue weighted by Gasteiger charge is 2.46. The lowest BCUT2D eigenvalue weighted by molar-refractivity contribution is -0.129. The zero-order chi connectivity index (χ0) is 29.0.